The van der Waals surface area contributed by atoms with Gasteiger partial charge in [0.1, 0.15) is 0 Å². The van der Waals surface area contributed by atoms with Gasteiger partial charge >= 0.3 is 0 Å². The average molecular weight is 461 g/mol. The van der Waals surface area contributed by atoms with Crippen molar-refractivity contribution in [1.29, 1.82) is 0 Å². The molecule has 2 heterocycles. The number of carbonyl (C=O) groups is 1. The van der Waals surface area contributed by atoms with Crippen molar-refractivity contribution in [1.82, 2.24) is 9.47 Å². The molecule has 1 saturated carbocycles. The summed E-state index contributed by atoms with van der Waals surface area (Å²) in [6.07, 6.45) is 9.14. The minimum absolute atomic E-state index is 0.0648. The molecule has 0 bridgehead atoms. The lowest BCUT2D eigenvalue weighted by atomic mass is 9.88. The second-order valence-corrected chi connectivity index (χ2v) is 11.8. The number of hydrogen-bond acceptors (Lipinski definition) is 4. The lowest BCUT2D eigenvalue weighted by Crippen LogP contribution is -2.40. The third-order valence-corrected chi connectivity index (χ3v) is 8.91. The Morgan fingerprint density at radius 1 is 1.12 bits per heavy atom. The fourth-order valence-electron chi connectivity index (χ4n) is 5.48. The first-order chi connectivity index (χ1) is 15.4. The number of likely N-dealkylation sites (tertiary alicyclic amines) is 1. The number of rotatable bonds is 8. The van der Waals surface area contributed by atoms with Gasteiger partial charge in [-0.15, -0.1) is 0 Å². The van der Waals surface area contributed by atoms with Gasteiger partial charge < -0.3 is 14.2 Å². The van der Waals surface area contributed by atoms with Crippen molar-refractivity contribution in [2.75, 3.05) is 32.6 Å². The van der Waals surface area contributed by atoms with Crippen LogP contribution in [0.15, 0.2) is 24.4 Å². The van der Waals surface area contributed by atoms with Crippen LogP contribution >= 0.6 is 0 Å². The van der Waals surface area contributed by atoms with Gasteiger partial charge in [0.2, 0.25) is 5.91 Å². The van der Waals surface area contributed by atoms with Crippen LogP contribution in [0.3, 0.4) is 0 Å². The summed E-state index contributed by atoms with van der Waals surface area (Å²) < 4.78 is 32.2. The number of carbonyl (C=O) groups excluding carboxylic acids is 1. The number of aromatic nitrogens is 1. The third-order valence-electron chi connectivity index (χ3n) is 7.23. The summed E-state index contributed by atoms with van der Waals surface area (Å²) >= 11 is 0. The molecule has 1 aliphatic heterocycles. The van der Waals surface area contributed by atoms with Gasteiger partial charge in [-0.3, -0.25) is 4.79 Å². The van der Waals surface area contributed by atoms with Crippen molar-refractivity contribution in [3.63, 3.8) is 0 Å². The van der Waals surface area contributed by atoms with Gasteiger partial charge in [-0.25, -0.2) is 8.42 Å². The standard InChI is InChI=1S/C25H36N2O4S/c1-26-17-23(20-10-12-27(13-11-20)25(28)21-6-3-4-7-21)22-16-19(8-9-24(22)26)18-32(29,30)15-5-14-31-2/h8-9,16-17,20-21H,3-7,10-15,18H2,1-2H3. The van der Waals surface area contributed by atoms with Crippen LogP contribution in [0.4, 0.5) is 0 Å². The first-order valence-electron chi connectivity index (χ1n) is 11.9. The van der Waals surface area contributed by atoms with Crippen LogP contribution in [-0.2, 0) is 32.2 Å². The highest BCUT2D eigenvalue weighted by Crippen LogP contribution is 2.36. The molecular formula is C25H36N2O4S. The maximum atomic E-state index is 12.8. The number of aryl methyl sites for hydroxylation is 1. The zero-order valence-electron chi connectivity index (χ0n) is 19.4. The summed E-state index contributed by atoms with van der Waals surface area (Å²) in [5.41, 5.74) is 3.26. The molecule has 176 valence electrons. The molecule has 1 aliphatic carbocycles. The normalized spacial score (nSPS) is 18.6. The molecule has 0 spiro atoms. The number of methoxy groups -OCH3 is 1. The highest BCUT2D eigenvalue weighted by atomic mass is 32.2. The van der Waals surface area contributed by atoms with Crippen molar-refractivity contribution in [3.05, 3.63) is 35.5 Å². The Balaban J connectivity index is 1.47. The predicted octanol–water partition coefficient (Wildman–Crippen LogP) is 4.03. The summed E-state index contributed by atoms with van der Waals surface area (Å²) in [7, 11) is 0.475. The monoisotopic (exact) mass is 460 g/mol. The number of fused-ring (bicyclic) bond motifs is 1. The second-order valence-electron chi connectivity index (χ2n) is 9.57. The Hall–Kier alpha value is -1.86. The molecule has 2 fully saturated rings. The van der Waals surface area contributed by atoms with E-state index in [1.54, 1.807) is 7.11 Å². The molecule has 2 aromatic rings. The molecule has 1 amide bonds. The summed E-state index contributed by atoms with van der Waals surface area (Å²) in [4.78, 5) is 14.9. The Kier molecular flexibility index (Phi) is 7.25. The lowest BCUT2D eigenvalue weighted by molar-refractivity contribution is -0.136. The average Bonchev–Trinajstić information content (AvgIpc) is 3.42. The van der Waals surface area contributed by atoms with Crippen LogP contribution in [0, 0.1) is 5.92 Å². The minimum atomic E-state index is -3.16. The Morgan fingerprint density at radius 3 is 2.53 bits per heavy atom. The smallest absolute Gasteiger partial charge is 0.225 e. The van der Waals surface area contributed by atoms with E-state index in [0.29, 0.717) is 24.9 Å². The van der Waals surface area contributed by atoms with E-state index < -0.39 is 9.84 Å². The van der Waals surface area contributed by atoms with E-state index in [1.165, 1.54) is 18.4 Å². The van der Waals surface area contributed by atoms with E-state index in [-0.39, 0.29) is 17.4 Å². The van der Waals surface area contributed by atoms with E-state index in [9.17, 15) is 13.2 Å². The van der Waals surface area contributed by atoms with Crippen LogP contribution in [0.2, 0.25) is 0 Å². The fraction of sp³-hybridized carbons (Fsp3) is 0.640. The first kappa shape index (κ1) is 23.3. The molecule has 1 saturated heterocycles. The van der Waals surface area contributed by atoms with Gasteiger partial charge in [-0.05, 0) is 61.3 Å². The van der Waals surface area contributed by atoms with Crippen molar-refractivity contribution in [3.8, 4) is 0 Å². The van der Waals surface area contributed by atoms with Crippen molar-refractivity contribution >= 4 is 26.6 Å². The van der Waals surface area contributed by atoms with Crippen LogP contribution in [-0.4, -0.2) is 56.4 Å². The highest BCUT2D eigenvalue weighted by molar-refractivity contribution is 7.90. The van der Waals surface area contributed by atoms with E-state index in [2.05, 4.69) is 21.7 Å². The topological polar surface area (TPSA) is 68.6 Å². The van der Waals surface area contributed by atoms with Crippen molar-refractivity contribution < 1.29 is 17.9 Å². The van der Waals surface area contributed by atoms with E-state index in [0.717, 1.165) is 55.2 Å². The van der Waals surface area contributed by atoms with Gasteiger partial charge in [-0.2, -0.15) is 0 Å². The van der Waals surface area contributed by atoms with Gasteiger partial charge in [0.15, 0.2) is 9.84 Å². The Morgan fingerprint density at radius 2 is 1.84 bits per heavy atom. The summed E-state index contributed by atoms with van der Waals surface area (Å²) in [6.45, 7) is 2.11. The van der Waals surface area contributed by atoms with Crippen LogP contribution in [0.1, 0.15) is 62.0 Å². The predicted molar refractivity (Wildman–Crippen MR) is 127 cm³/mol. The number of piperidine rings is 1. The minimum Gasteiger partial charge on any atom is -0.385 e. The zero-order chi connectivity index (χ0) is 22.7. The quantitative estimate of drug-likeness (QED) is 0.558. The molecule has 1 aromatic carbocycles. The van der Waals surface area contributed by atoms with E-state index in [1.807, 2.05) is 19.2 Å². The van der Waals surface area contributed by atoms with Crippen molar-refractivity contribution in [2.24, 2.45) is 13.0 Å². The SMILES string of the molecule is COCCCS(=O)(=O)Cc1ccc2c(c1)c(C1CCN(C(=O)C3CCCC3)CC1)cn2C. The molecule has 0 radical (unpaired) electrons. The van der Waals surface area contributed by atoms with Gasteiger partial charge in [0, 0.05) is 56.9 Å². The van der Waals surface area contributed by atoms with E-state index in [4.69, 9.17) is 4.74 Å². The van der Waals surface area contributed by atoms with Gasteiger partial charge in [0.05, 0.1) is 11.5 Å². The van der Waals surface area contributed by atoms with E-state index >= 15 is 0 Å². The van der Waals surface area contributed by atoms with Crippen LogP contribution in [0.25, 0.3) is 10.9 Å². The summed E-state index contributed by atoms with van der Waals surface area (Å²) in [6, 6.07) is 6.04. The van der Waals surface area contributed by atoms with Crippen molar-refractivity contribution in [2.45, 2.75) is 56.6 Å². The number of amides is 1. The number of nitrogens with zero attached hydrogens (tertiary/aromatic N) is 2. The fourth-order valence-corrected chi connectivity index (χ4v) is 6.87. The lowest BCUT2D eigenvalue weighted by Gasteiger charge is -2.33. The Bertz CT molecular complexity index is 1050. The molecule has 0 unspecified atom stereocenters. The van der Waals surface area contributed by atoms with Gasteiger partial charge in [-0.1, -0.05) is 18.9 Å². The molecular weight excluding hydrogens is 424 g/mol. The van der Waals surface area contributed by atoms with Crippen LogP contribution in [0.5, 0.6) is 0 Å². The maximum absolute atomic E-state index is 12.8. The summed E-state index contributed by atoms with van der Waals surface area (Å²) in [5.74, 6) is 1.22. The molecule has 4 rings (SSSR count). The first-order valence-corrected chi connectivity index (χ1v) is 13.8. The zero-order valence-corrected chi connectivity index (χ0v) is 20.2. The molecule has 2 aliphatic rings. The molecule has 7 heteroatoms. The molecule has 6 nitrogen and oxygen atoms in total. The molecule has 0 atom stereocenters. The molecule has 32 heavy (non-hydrogen) atoms. The number of ether oxygens (including phenoxy) is 1. The number of benzene rings is 1. The number of sulfone groups is 1. The van der Waals surface area contributed by atoms with Gasteiger partial charge in [0.25, 0.3) is 0 Å². The third kappa shape index (κ3) is 5.20. The maximum Gasteiger partial charge on any atom is 0.225 e. The summed E-state index contributed by atoms with van der Waals surface area (Å²) in [5, 5.41) is 1.15. The largest absolute Gasteiger partial charge is 0.385 e. The number of hydrogen-bond donors (Lipinski definition) is 0. The van der Waals surface area contributed by atoms with Crippen LogP contribution < -0.4 is 0 Å². The second kappa shape index (κ2) is 9.96. The Labute approximate surface area is 191 Å². The molecule has 1 aromatic heterocycles. The molecule has 0 N–H and O–H groups in total. The highest BCUT2D eigenvalue weighted by Gasteiger charge is 2.31.